The van der Waals surface area contributed by atoms with E-state index in [-0.39, 0.29) is 35.6 Å². The molecule has 2 saturated heterocycles. The van der Waals surface area contributed by atoms with E-state index in [1.54, 1.807) is 12.1 Å². The smallest absolute Gasteiger partial charge is 0.243 e. The molecule has 0 spiro atoms. The summed E-state index contributed by atoms with van der Waals surface area (Å²) in [6.45, 7) is 4.22. The molecule has 0 saturated carbocycles. The molecule has 0 aliphatic carbocycles. The summed E-state index contributed by atoms with van der Waals surface area (Å²) < 4.78 is 53.3. The van der Waals surface area contributed by atoms with Gasteiger partial charge in [-0.1, -0.05) is 12.1 Å². The molecule has 1 amide bonds. The number of amides is 1. The molecule has 178 valence electrons. The highest BCUT2D eigenvalue weighted by molar-refractivity contribution is 7.89. The first-order valence-corrected chi connectivity index (χ1v) is 12.8. The van der Waals surface area contributed by atoms with Gasteiger partial charge in [0.15, 0.2) is 0 Å². The molecule has 2 aromatic rings. The van der Waals surface area contributed by atoms with Crippen LogP contribution in [0.4, 0.5) is 8.78 Å². The Hall–Kier alpha value is -2.36. The second-order valence-corrected chi connectivity index (χ2v) is 10.7. The zero-order valence-electron chi connectivity index (χ0n) is 18.5. The van der Waals surface area contributed by atoms with Crippen LogP contribution in [-0.2, 0) is 21.4 Å². The number of hydrogen-bond acceptors (Lipinski definition) is 4. The molecule has 2 fully saturated rings. The maximum atomic E-state index is 13.1. The molecule has 6 nitrogen and oxygen atoms in total. The van der Waals surface area contributed by atoms with Gasteiger partial charge in [0.05, 0.1) is 4.90 Å². The van der Waals surface area contributed by atoms with Crippen molar-refractivity contribution in [3.8, 4) is 0 Å². The molecule has 2 heterocycles. The number of nitrogens with zero attached hydrogens (tertiary/aromatic N) is 3. The molecular formula is C24H29F2N3O3S. The van der Waals surface area contributed by atoms with Crippen molar-refractivity contribution in [1.29, 1.82) is 0 Å². The summed E-state index contributed by atoms with van der Waals surface area (Å²) in [5.74, 6) is -0.819. The van der Waals surface area contributed by atoms with Crippen LogP contribution in [0.15, 0.2) is 53.4 Å². The highest BCUT2D eigenvalue weighted by Gasteiger charge is 2.34. The quantitative estimate of drug-likeness (QED) is 0.664. The molecule has 0 atom stereocenters. The van der Waals surface area contributed by atoms with Crippen LogP contribution in [0, 0.1) is 17.6 Å². The van der Waals surface area contributed by atoms with E-state index in [0.717, 1.165) is 43.8 Å². The van der Waals surface area contributed by atoms with Crippen LogP contribution >= 0.6 is 0 Å². The predicted octanol–water partition coefficient (Wildman–Crippen LogP) is 3.10. The van der Waals surface area contributed by atoms with E-state index in [1.165, 1.54) is 28.6 Å². The van der Waals surface area contributed by atoms with E-state index in [4.69, 9.17) is 0 Å². The van der Waals surface area contributed by atoms with Crippen molar-refractivity contribution >= 4 is 15.9 Å². The van der Waals surface area contributed by atoms with Crippen LogP contribution in [0.1, 0.15) is 24.8 Å². The lowest BCUT2D eigenvalue weighted by Crippen LogP contribution is -2.45. The molecule has 0 unspecified atom stereocenters. The Morgan fingerprint density at radius 3 is 2.06 bits per heavy atom. The van der Waals surface area contributed by atoms with Gasteiger partial charge in [-0.05, 0) is 61.2 Å². The fourth-order valence-electron chi connectivity index (χ4n) is 4.55. The van der Waals surface area contributed by atoms with Gasteiger partial charge in [-0.2, -0.15) is 4.31 Å². The van der Waals surface area contributed by atoms with E-state index >= 15 is 0 Å². The summed E-state index contributed by atoms with van der Waals surface area (Å²) in [6, 6.07) is 11.3. The first-order valence-electron chi connectivity index (χ1n) is 11.3. The van der Waals surface area contributed by atoms with Crippen LogP contribution in [0.5, 0.6) is 0 Å². The Morgan fingerprint density at radius 2 is 1.42 bits per heavy atom. The van der Waals surface area contributed by atoms with Crippen LogP contribution in [-0.4, -0.2) is 67.7 Å². The van der Waals surface area contributed by atoms with Crippen molar-refractivity contribution in [3.05, 3.63) is 65.7 Å². The lowest BCUT2D eigenvalue weighted by atomic mass is 9.96. The van der Waals surface area contributed by atoms with Crippen molar-refractivity contribution in [2.45, 2.75) is 30.7 Å². The lowest BCUT2D eigenvalue weighted by Gasteiger charge is -2.33. The number of carbonyl (C=O) groups is 1. The minimum Gasteiger partial charge on any atom is -0.341 e. The maximum Gasteiger partial charge on any atom is 0.243 e. The van der Waals surface area contributed by atoms with E-state index in [2.05, 4.69) is 4.90 Å². The Morgan fingerprint density at radius 1 is 0.818 bits per heavy atom. The monoisotopic (exact) mass is 477 g/mol. The van der Waals surface area contributed by atoms with Crippen LogP contribution in [0.25, 0.3) is 0 Å². The number of rotatable bonds is 5. The molecular weight excluding hydrogens is 448 g/mol. The summed E-state index contributed by atoms with van der Waals surface area (Å²) in [5.41, 5.74) is 1.05. The minimum atomic E-state index is -3.69. The van der Waals surface area contributed by atoms with Gasteiger partial charge in [0, 0.05) is 51.7 Å². The highest BCUT2D eigenvalue weighted by atomic mass is 32.2. The number of piperidine rings is 1. The number of benzene rings is 2. The lowest BCUT2D eigenvalue weighted by molar-refractivity contribution is -0.136. The van der Waals surface area contributed by atoms with E-state index in [9.17, 15) is 22.0 Å². The number of carbonyl (C=O) groups excluding carboxylic acids is 1. The van der Waals surface area contributed by atoms with Gasteiger partial charge >= 0.3 is 0 Å². The van der Waals surface area contributed by atoms with Crippen molar-refractivity contribution < 1.29 is 22.0 Å². The molecule has 33 heavy (non-hydrogen) atoms. The standard InChI is InChI=1S/C24H29F2N3O3S/c25-21-4-2-19(3-5-21)18-27-12-1-13-28(17-16-27)24(30)20-10-14-29(15-11-20)33(31,32)23-8-6-22(26)7-9-23/h2-9,20H,1,10-18H2. The van der Waals surface area contributed by atoms with Gasteiger partial charge in [0.25, 0.3) is 0 Å². The average molecular weight is 478 g/mol. The Bertz CT molecular complexity index is 1050. The molecule has 0 radical (unpaired) electrons. The molecule has 0 bridgehead atoms. The Balaban J connectivity index is 1.29. The summed E-state index contributed by atoms with van der Waals surface area (Å²) in [7, 11) is -3.69. The van der Waals surface area contributed by atoms with Crippen LogP contribution in [0.3, 0.4) is 0 Å². The van der Waals surface area contributed by atoms with Gasteiger partial charge in [-0.25, -0.2) is 17.2 Å². The zero-order valence-corrected chi connectivity index (χ0v) is 19.3. The van der Waals surface area contributed by atoms with E-state index < -0.39 is 15.8 Å². The summed E-state index contributed by atoms with van der Waals surface area (Å²) in [6.07, 6.45) is 1.83. The summed E-state index contributed by atoms with van der Waals surface area (Å²) in [5, 5.41) is 0. The fourth-order valence-corrected chi connectivity index (χ4v) is 6.02. The highest BCUT2D eigenvalue weighted by Crippen LogP contribution is 2.26. The summed E-state index contributed by atoms with van der Waals surface area (Å²) in [4.78, 5) is 17.4. The molecule has 9 heteroatoms. The van der Waals surface area contributed by atoms with Gasteiger partial charge < -0.3 is 4.90 Å². The minimum absolute atomic E-state index is 0.0717. The SMILES string of the molecule is O=C(C1CCN(S(=O)(=O)c2ccc(F)cc2)CC1)N1CCCN(Cc2ccc(F)cc2)CC1. The van der Waals surface area contributed by atoms with Crippen LogP contribution in [0.2, 0.25) is 0 Å². The van der Waals surface area contributed by atoms with Crippen molar-refractivity contribution in [2.24, 2.45) is 5.92 Å². The average Bonchev–Trinajstić information content (AvgIpc) is 3.06. The molecule has 0 N–H and O–H groups in total. The second-order valence-electron chi connectivity index (χ2n) is 8.71. The third-order valence-corrected chi connectivity index (χ3v) is 8.39. The second kappa shape index (κ2) is 10.3. The Labute approximate surface area is 193 Å². The van der Waals surface area contributed by atoms with Gasteiger partial charge in [-0.15, -0.1) is 0 Å². The van der Waals surface area contributed by atoms with Gasteiger partial charge in [0.1, 0.15) is 11.6 Å². The molecule has 2 aliphatic rings. The largest absolute Gasteiger partial charge is 0.341 e. The van der Waals surface area contributed by atoms with Gasteiger partial charge in [-0.3, -0.25) is 9.69 Å². The molecule has 4 rings (SSSR count). The normalized spacial score (nSPS) is 19.4. The molecule has 2 aliphatic heterocycles. The number of hydrogen-bond donors (Lipinski definition) is 0. The first-order chi connectivity index (χ1) is 15.8. The number of sulfonamides is 1. The third-order valence-electron chi connectivity index (χ3n) is 6.47. The predicted molar refractivity (Wildman–Crippen MR) is 121 cm³/mol. The fraction of sp³-hybridized carbons (Fsp3) is 0.458. The third kappa shape index (κ3) is 5.77. The maximum absolute atomic E-state index is 13.1. The van der Waals surface area contributed by atoms with Crippen molar-refractivity contribution in [1.82, 2.24) is 14.1 Å². The Kier molecular flexibility index (Phi) is 7.41. The van der Waals surface area contributed by atoms with E-state index in [0.29, 0.717) is 25.9 Å². The van der Waals surface area contributed by atoms with Crippen molar-refractivity contribution in [3.63, 3.8) is 0 Å². The van der Waals surface area contributed by atoms with Crippen LogP contribution < -0.4 is 0 Å². The van der Waals surface area contributed by atoms with Gasteiger partial charge in [0.2, 0.25) is 15.9 Å². The summed E-state index contributed by atoms with van der Waals surface area (Å²) >= 11 is 0. The zero-order chi connectivity index (χ0) is 23.4. The van der Waals surface area contributed by atoms with Crippen molar-refractivity contribution in [2.75, 3.05) is 39.3 Å². The first kappa shape index (κ1) is 23.8. The van der Waals surface area contributed by atoms with E-state index in [1.807, 2.05) is 4.90 Å². The molecule has 0 aromatic heterocycles. The molecule has 2 aromatic carbocycles. The number of halogens is 2. The topological polar surface area (TPSA) is 60.9 Å².